The van der Waals surface area contributed by atoms with Gasteiger partial charge in [0.1, 0.15) is 12.4 Å². The Morgan fingerprint density at radius 1 is 1.33 bits per heavy atom. The molecule has 1 aromatic carbocycles. The number of aliphatic carboxylic acids is 1. The standard InChI is InChI=1S/C15H11FN4O4/c16-8-1-2-11-9(3-8)10(4-17-11)14(23)15(24)19-12-5-20(7-18-12)6-13(21)22/h1-5,7,17H,6H2,(H,19,24)(H,21,22). The van der Waals surface area contributed by atoms with Crippen LogP contribution in [-0.4, -0.2) is 37.3 Å². The molecule has 0 atom stereocenters. The predicted octanol–water partition coefficient (Wildman–Crippen LogP) is 1.41. The molecule has 24 heavy (non-hydrogen) atoms. The lowest BCUT2D eigenvalue weighted by atomic mass is 10.1. The number of nitrogens with one attached hydrogen (secondary N) is 2. The molecule has 2 aromatic heterocycles. The van der Waals surface area contributed by atoms with Crippen molar-refractivity contribution in [1.29, 1.82) is 0 Å². The van der Waals surface area contributed by atoms with Gasteiger partial charge in [0.15, 0.2) is 5.82 Å². The van der Waals surface area contributed by atoms with E-state index in [1.165, 1.54) is 35.4 Å². The maximum Gasteiger partial charge on any atom is 0.323 e. The highest BCUT2D eigenvalue weighted by Crippen LogP contribution is 2.20. The van der Waals surface area contributed by atoms with Crippen LogP contribution in [0.25, 0.3) is 10.9 Å². The molecule has 9 heteroatoms. The molecule has 0 spiro atoms. The summed E-state index contributed by atoms with van der Waals surface area (Å²) < 4.78 is 14.6. The van der Waals surface area contributed by atoms with Crippen LogP contribution in [0.3, 0.4) is 0 Å². The Balaban J connectivity index is 1.79. The summed E-state index contributed by atoms with van der Waals surface area (Å²) in [6.07, 6.45) is 3.83. The molecule has 0 aliphatic heterocycles. The Morgan fingerprint density at radius 2 is 2.12 bits per heavy atom. The number of amides is 1. The van der Waals surface area contributed by atoms with Crippen LogP contribution >= 0.6 is 0 Å². The smallest absolute Gasteiger partial charge is 0.323 e. The fourth-order valence-corrected chi connectivity index (χ4v) is 2.24. The summed E-state index contributed by atoms with van der Waals surface area (Å²) in [5.74, 6) is -3.37. The van der Waals surface area contributed by atoms with E-state index in [1.54, 1.807) is 0 Å². The van der Waals surface area contributed by atoms with Crippen LogP contribution in [0.5, 0.6) is 0 Å². The first-order valence-corrected chi connectivity index (χ1v) is 6.80. The Bertz CT molecular complexity index is 959. The van der Waals surface area contributed by atoms with E-state index in [1.807, 2.05) is 0 Å². The van der Waals surface area contributed by atoms with Gasteiger partial charge in [0.25, 0.3) is 11.7 Å². The van der Waals surface area contributed by atoms with E-state index in [4.69, 9.17) is 5.11 Å². The van der Waals surface area contributed by atoms with Crippen LogP contribution in [0.2, 0.25) is 0 Å². The number of carbonyl (C=O) groups is 3. The van der Waals surface area contributed by atoms with Crippen LogP contribution in [0.1, 0.15) is 10.4 Å². The number of hydrogen-bond acceptors (Lipinski definition) is 4. The molecule has 3 aromatic rings. The summed E-state index contributed by atoms with van der Waals surface area (Å²) in [5.41, 5.74) is 0.560. The van der Waals surface area contributed by atoms with Gasteiger partial charge in [-0.3, -0.25) is 14.4 Å². The van der Waals surface area contributed by atoms with Gasteiger partial charge in [-0.15, -0.1) is 0 Å². The number of anilines is 1. The minimum Gasteiger partial charge on any atom is -0.480 e. The van der Waals surface area contributed by atoms with E-state index in [-0.39, 0.29) is 17.9 Å². The van der Waals surface area contributed by atoms with Gasteiger partial charge >= 0.3 is 5.97 Å². The second kappa shape index (κ2) is 5.95. The third kappa shape index (κ3) is 3.00. The SMILES string of the molecule is O=C(O)Cn1cnc(NC(=O)C(=O)c2c[nH]c3ccc(F)cc23)c1. The normalized spacial score (nSPS) is 10.7. The van der Waals surface area contributed by atoms with Crippen molar-refractivity contribution < 1.29 is 23.9 Å². The van der Waals surface area contributed by atoms with Crippen molar-refractivity contribution in [1.82, 2.24) is 14.5 Å². The van der Waals surface area contributed by atoms with Crippen molar-refractivity contribution in [3.63, 3.8) is 0 Å². The zero-order chi connectivity index (χ0) is 17.3. The number of ketones is 1. The van der Waals surface area contributed by atoms with Gasteiger partial charge < -0.3 is 20.0 Å². The zero-order valence-electron chi connectivity index (χ0n) is 12.1. The number of carboxylic acids is 1. The van der Waals surface area contributed by atoms with Crippen molar-refractivity contribution in [3.05, 3.63) is 48.3 Å². The highest BCUT2D eigenvalue weighted by Gasteiger charge is 2.21. The van der Waals surface area contributed by atoms with Crippen LogP contribution in [0.4, 0.5) is 10.2 Å². The molecule has 0 saturated carbocycles. The number of imidazole rings is 1. The quantitative estimate of drug-likeness (QED) is 0.483. The van der Waals surface area contributed by atoms with Gasteiger partial charge in [0.05, 0.1) is 11.9 Å². The number of aromatic amines is 1. The van der Waals surface area contributed by atoms with Crippen LogP contribution in [0.15, 0.2) is 36.9 Å². The monoisotopic (exact) mass is 330 g/mol. The molecule has 1 amide bonds. The Morgan fingerprint density at radius 3 is 2.88 bits per heavy atom. The predicted molar refractivity (Wildman–Crippen MR) is 81.1 cm³/mol. The highest BCUT2D eigenvalue weighted by atomic mass is 19.1. The van der Waals surface area contributed by atoms with E-state index in [2.05, 4.69) is 15.3 Å². The lowest BCUT2D eigenvalue weighted by Crippen LogP contribution is -2.22. The Kier molecular flexibility index (Phi) is 3.82. The fourth-order valence-electron chi connectivity index (χ4n) is 2.24. The van der Waals surface area contributed by atoms with E-state index >= 15 is 0 Å². The van der Waals surface area contributed by atoms with Crippen molar-refractivity contribution in [2.75, 3.05) is 5.32 Å². The van der Waals surface area contributed by atoms with Crippen LogP contribution < -0.4 is 5.32 Å². The maximum absolute atomic E-state index is 13.3. The maximum atomic E-state index is 13.3. The first-order chi connectivity index (χ1) is 11.4. The largest absolute Gasteiger partial charge is 0.480 e. The number of benzene rings is 1. The molecule has 0 unspecified atom stereocenters. The highest BCUT2D eigenvalue weighted by molar-refractivity contribution is 6.48. The zero-order valence-corrected chi connectivity index (χ0v) is 12.1. The van der Waals surface area contributed by atoms with Gasteiger partial charge in [-0.25, -0.2) is 9.37 Å². The lowest BCUT2D eigenvalue weighted by molar-refractivity contribution is -0.137. The summed E-state index contributed by atoms with van der Waals surface area (Å²) in [6.45, 7) is -0.321. The molecule has 0 saturated heterocycles. The average molecular weight is 330 g/mol. The third-order valence-electron chi connectivity index (χ3n) is 3.29. The average Bonchev–Trinajstić information content (AvgIpc) is 3.12. The fraction of sp³-hybridized carbons (Fsp3) is 0.0667. The molecule has 8 nitrogen and oxygen atoms in total. The number of carbonyl (C=O) groups excluding carboxylic acids is 2. The van der Waals surface area contributed by atoms with Gasteiger partial charge in [0.2, 0.25) is 0 Å². The van der Waals surface area contributed by atoms with Crippen molar-refractivity contribution in [2.24, 2.45) is 0 Å². The molecule has 0 aliphatic carbocycles. The summed E-state index contributed by atoms with van der Waals surface area (Å²) in [5, 5.41) is 11.2. The molecule has 3 rings (SSSR count). The minimum atomic E-state index is -1.07. The van der Waals surface area contributed by atoms with Crippen molar-refractivity contribution in [3.8, 4) is 0 Å². The van der Waals surface area contributed by atoms with Gasteiger partial charge in [-0.2, -0.15) is 0 Å². The first-order valence-electron chi connectivity index (χ1n) is 6.80. The van der Waals surface area contributed by atoms with Crippen molar-refractivity contribution in [2.45, 2.75) is 6.54 Å². The molecule has 122 valence electrons. The number of H-pyrrole nitrogens is 1. The Labute approximate surface area is 133 Å². The number of carboxylic acid groups (broad SMARTS) is 1. The summed E-state index contributed by atoms with van der Waals surface area (Å²) in [7, 11) is 0. The molecular formula is C15H11FN4O4. The molecule has 2 heterocycles. The van der Waals surface area contributed by atoms with Gasteiger partial charge in [-0.1, -0.05) is 0 Å². The van der Waals surface area contributed by atoms with E-state index in [0.29, 0.717) is 10.9 Å². The molecule has 0 fully saturated rings. The second-order valence-electron chi connectivity index (χ2n) is 5.00. The number of fused-ring (bicyclic) bond motifs is 1. The summed E-state index contributed by atoms with van der Waals surface area (Å²) >= 11 is 0. The van der Waals surface area contributed by atoms with E-state index in [9.17, 15) is 18.8 Å². The molecule has 3 N–H and O–H groups in total. The van der Waals surface area contributed by atoms with Crippen LogP contribution in [0, 0.1) is 5.82 Å². The summed E-state index contributed by atoms with van der Waals surface area (Å²) in [4.78, 5) is 41.5. The molecule has 0 radical (unpaired) electrons. The first kappa shape index (κ1) is 15.4. The summed E-state index contributed by atoms with van der Waals surface area (Å²) in [6, 6.07) is 3.86. The van der Waals surface area contributed by atoms with Gasteiger partial charge in [-0.05, 0) is 18.2 Å². The van der Waals surface area contributed by atoms with Crippen molar-refractivity contribution >= 4 is 34.4 Å². The number of aromatic nitrogens is 3. The lowest BCUT2D eigenvalue weighted by Gasteiger charge is -2.00. The second-order valence-corrected chi connectivity index (χ2v) is 5.00. The molecule has 0 aliphatic rings. The molecule has 0 bridgehead atoms. The topological polar surface area (TPSA) is 117 Å². The number of nitrogens with zero attached hydrogens (tertiary/aromatic N) is 2. The number of Topliss-reactive ketones (excluding diaryl/α,β-unsaturated/α-hetero) is 1. The Hall–Kier alpha value is -3.49. The van der Waals surface area contributed by atoms with Gasteiger partial charge in [0, 0.05) is 23.3 Å². The number of hydrogen-bond donors (Lipinski definition) is 3. The van der Waals surface area contributed by atoms with Crippen LogP contribution in [-0.2, 0) is 16.1 Å². The van der Waals surface area contributed by atoms with E-state index in [0.717, 1.165) is 6.07 Å². The van der Waals surface area contributed by atoms with E-state index < -0.39 is 23.5 Å². The third-order valence-corrected chi connectivity index (χ3v) is 3.29. The number of rotatable bonds is 5. The number of halogens is 1. The minimum absolute atomic E-state index is 0.0342. The molecular weight excluding hydrogens is 319 g/mol.